The van der Waals surface area contributed by atoms with Crippen molar-refractivity contribution in [3.63, 3.8) is 0 Å². The van der Waals surface area contributed by atoms with Gasteiger partial charge in [0.05, 0.1) is 12.1 Å². The summed E-state index contributed by atoms with van der Waals surface area (Å²) in [5.74, 6) is 0. The third-order valence-electron chi connectivity index (χ3n) is 11.5. The van der Waals surface area contributed by atoms with Crippen molar-refractivity contribution in [2.75, 3.05) is 5.32 Å². The molecule has 3 unspecified atom stereocenters. The van der Waals surface area contributed by atoms with Crippen molar-refractivity contribution < 1.29 is 0 Å². The van der Waals surface area contributed by atoms with E-state index in [0.717, 1.165) is 12.1 Å². The molecule has 0 saturated carbocycles. The van der Waals surface area contributed by atoms with Crippen LogP contribution in [-0.2, 0) is 0 Å². The lowest BCUT2D eigenvalue weighted by atomic mass is 9.84. The van der Waals surface area contributed by atoms with Crippen LogP contribution < -0.4 is 10.6 Å². The smallest absolute Gasteiger partial charge is 0.0707 e. The summed E-state index contributed by atoms with van der Waals surface area (Å²) in [6.45, 7) is 0. The van der Waals surface area contributed by atoms with Gasteiger partial charge in [0.15, 0.2) is 0 Å². The van der Waals surface area contributed by atoms with Gasteiger partial charge in [0.2, 0.25) is 0 Å². The third kappa shape index (κ3) is 6.66. The van der Waals surface area contributed by atoms with E-state index >= 15 is 0 Å². The fourth-order valence-electron chi connectivity index (χ4n) is 8.58. The number of anilines is 1. The SMILES string of the molecule is C1=C(c2ccc(-c3ccccc3)cc2)CC(c2ccc(-c3ccccc3)cc2)NC1c1ccc2ccc3c(c2c1)C(c1ccccc1)=CC(c1ccccc1)N3. The lowest BCUT2D eigenvalue weighted by Gasteiger charge is -2.32. The topological polar surface area (TPSA) is 24.1 Å². The van der Waals surface area contributed by atoms with Gasteiger partial charge in [-0.25, -0.2) is 0 Å². The summed E-state index contributed by atoms with van der Waals surface area (Å²) in [6.07, 6.45) is 5.77. The Bertz CT molecular complexity index is 2680. The Morgan fingerprint density at radius 2 is 0.911 bits per heavy atom. The van der Waals surface area contributed by atoms with Crippen LogP contribution in [-0.4, -0.2) is 0 Å². The van der Waals surface area contributed by atoms with Crippen molar-refractivity contribution in [1.82, 2.24) is 5.32 Å². The first-order chi connectivity index (χ1) is 27.7. The molecule has 2 heteroatoms. The molecule has 8 aromatic carbocycles. The van der Waals surface area contributed by atoms with E-state index in [1.165, 1.54) is 77.6 Å². The molecule has 2 aliphatic heterocycles. The Morgan fingerprint density at radius 3 is 1.55 bits per heavy atom. The molecule has 0 fully saturated rings. The monoisotopic (exact) mass is 718 g/mol. The number of fused-ring (bicyclic) bond motifs is 3. The third-order valence-corrected chi connectivity index (χ3v) is 11.5. The highest BCUT2D eigenvalue weighted by atomic mass is 15.0. The number of nitrogens with one attached hydrogen (secondary N) is 2. The molecule has 2 nitrogen and oxygen atoms in total. The predicted molar refractivity (Wildman–Crippen MR) is 235 cm³/mol. The molecule has 0 spiro atoms. The lowest BCUT2D eigenvalue weighted by Crippen LogP contribution is -2.29. The minimum atomic E-state index is 0.0179. The average Bonchev–Trinajstić information content (AvgIpc) is 3.29. The fraction of sp³-hybridized carbons (Fsp3) is 0.0741. The number of rotatable bonds is 7. The molecule has 2 N–H and O–H groups in total. The van der Waals surface area contributed by atoms with E-state index in [2.05, 4.69) is 223 Å². The van der Waals surface area contributed by atoms with Crippen molar-refractivity contribution in [3.8, 4) is 22.3 Å². The van der Waals surface area contributed by atoms with E-state index in [1.807, 2.05) is 0 Å². The molecule has 2 heterocycles. The lowest BCUT2D eigenvalue weighted by molar-refractivity contribution is 0.484. The first-order valence-electron chi connectivity index (χ1n) is 19.7. The maximum atomic E-state index is 4.09. The van der Waals surface area contributed by atoms with Crippen LogP contribution in [0.15, 0.2) is 212 Å². The molecule has 8 aromatic rings. The normalized spacial score (nSPS) is 17.7. The summed E-state index contributed by atoms with van der Waals surface area (Å²) in [6, 6.07) is 73.0. The second-order valence-electron chi connectivity index (χ2n) is 15.0. The van der Waals surface area contributed by atoms with Crippen LogP contribution in [0.25, 0.3) is 44.2 Å². The van der Waals surface area contributed by atoms with Crippen molar-refractivity contribution in [1.29, 1.82) is 0 Å². The fourth-order valence-corrected chi connectivity index (χ4v) is 8.58. The highest BCUT2D eigenvalue weighted by Crippen LogP contribution is 2.44. The molecule has 0 amide bonds. The first-order valence-corrected chi connectivity index (χ1v) is 19.7. The van der Waals surface area contributed by atoms with E-state index < -0.39 is 0 Å². The molecule has 268 valence electrons. The van der Waals surface area contributed by atoms with E-state index in [-0.39, 0.29) is 18.1 Å². The standard InChI is InChI=1S/C54H42N2/c1-5-13-37(14-6-1)39-21-23-41(24-22-39)47-34-51(45-28-25-40(26-29-45)38-15-7-2-8-16-38)56-52(35-47)46-30-27-43-31-32-50-54(48(43)33-46)49(42-17-9-3-10-18-42)36-53(55-50)44-19-11-4-12-20-44/h1-33,35-36,51-53,55-56H,34H2. The molecule has 0 radical (unpaired) electrons. The number of hydrogen-bond acceptors (Lipinski definition) is 2. The average molecular weight is 719 g/mol. The van der Waals surface area contributed by atoms with Crippen LogP contribution in [0.3, 0.4) is 0 Å². The highest BCUT2D eigenvalue weighted by molar-refractivity contribution is 6.04. The van der Waals surface area contributed by atoms with E-state index in [9.17, 15) is 0 Å². The second-order valence-corrected chi connectivity index (χ2v) is 15.0. The summed E-state index contributed by atoms with van der Waals surface area (Å²) in [5, 5.41) is 10.5. The molecule has 2 aliphatic rings. The quantitative estimate of drug-likeness (QED) is 0.171. The molecular weight excluding hydrogens is 677 g/mol. The maximum Gasteiger partial charge on any atom is 0.0707 e. The van der Waals surface area contributed by atoms with Gasteiger partial charge in [0.25, 0.3) is 0 Å². The summed E-state index contributed by atoms with van der Waals surface area (Å²) in [5.41, 5.74) is 16.3. The minimum Gasteiger partial charge on any atom is -0.374 e. The molecule has 10 rings (SSSR count). The van der Waals surface area contributed by atoms with Gasteiger partial charge in [-0.15, -0.1) is 0 Å². The molecular formula is C54H42N2. The van der Waals surface area contributed by atoms with Gasteiger partial charge in [-0.2, -0.15) is 0 Å². The zero-order valence-corrected chi connectivity index (χ0v) is 31.1. The zero-order valence-electron chi connectivity index (χ0n) is 31.1. The van der Waals surface area contributed by atoms with Crippen LogP contribution in [0.1, 0.15) is 57.9 Å². The van der Waals surface area contributed by atoms with Crippen LogP contribution in [0.4, 0.5) is 5.69 Å². The van der Waals surface area contributed by atoms with Gasteiger partial charge in [-0.05, 0) is 96.6 Å². The van der Waals surface area contributed by atoms with E-state index in [0.29, 0.717) is 0 Å². The van der Waals surface area contributed by atoms with Gasteiger partial charge in [-0.3, -0.25) is 5.32 Å². The van der Waals surface area contributed by atoms with Crippen LogP contribution in [0.5, 0.6) is 0 Å². The van der Waals surface area contributed by atoms with Crippen LogP contribution in [0, 0.1) is 0 Å². The van der Waals surface area contributed by atoms with Gasteiger partial charge in [0.1, 0.15) is 0 Å². The Hall–Kier alpha value is -6.74. The molecule has 0 saturated heterocycles. The van der Waals surface area contributed by atoms with Crippen molar-refractivity contribution in [3.05, 3.63) is 246 Å². The van der Waals surface area contributed by atoms with Crippen molar-refractivity contribution >= 4 is 27.6 Å². The van der Waals surface area contributed by atoms with Crippen molar-refractivity contribution in [2.45, 2.75) is 24.5 Å². The molecule has 0 aromatic heterocycles. The van der Waals surface area contributed by atoms with Crippen LogP contribution in [0.2, 0.25) is 0 Å². The predicted octanol–water partition coefficient (Wildman–Crippen LogP) is 13.6. The largest absolute Gasteiger partial charge is 0.374 e. The van der Waals surface area contributed by atoms with E-state index in [4.69, 9.17) is 0 Å². The van der Waals surface area contributed by atoms with Gasteiger partial charge in [0, 0.05) is 17.3 Å². The second kappa shape index (κ2) is 14.8. The summed E-state index contributed by atoms with van der Waals surface area (Å²) in [4.78, 5) is 0. The summed E-state index contributed by atoms with van der Waals surface area (Å²) < 4.78 is 0. The number of benzene rings is 8. The number of hydrogen-bond donors (Lipinski definition) is 2. The minimum absolute atomic E-state index is 0.0179. The molecule has 56 heavy (non-hydrogen) atoms. The van der Waals surface area contributed by atoms with Gasteiger partial charge >= 0.3 is 0 Å². The Kier molecular flexibility index (Phi) is 8.95. The van der Waals surface area contributed by atoms with Crippen LogP contribution >= 0.6 is 0 Å². The van der Waals surface area contributed by atoms with Gasteiger partial charge < -0.3 is 5.32 Å². The Balaban J connectivity index is 1.06. The maximum absolute atomic E-state index is 4.09. The Labute approximate surface area is 329 Å². The Morgan fingerprint density at radius 1 is 0.393 bits per heavy atom. The first kappa shape index (κ1) is 33.8. The zero-order chi connectivity index (χ0) is 37.3. The molecule has 0 aliphatic carbocycles. The highest BCUT2D eigenvalue weighted by Gasteiger charge is 2.27. The van der Waals surface area contributed by atoms with Crippen molar-refractivity contribution in [2.24, 2.45) is 0 Å². The van der Waals surface area contributed by atoms with E-state index in [1.54, 1.807) is 0 Å². The molecule has 0 bridgehead atoms. The van der Waals surface area contributed by atoms with Gasteiger partial charge in [-0.1, -0.05) is 194 Å². The molecule has 3 atom stereocenters. The summed E-state index contributed by atoms with van der Waals surface area (Å²) >= 11 is 0. The summed E-state index contributed by atoms with van der Waals surface area (Å²) in [7, 11) is 0.